The summed E-state index contributed by atoms with van der Waals surface area (Å²) in [4.78, 5) is 0. The molecule has 0 amide bonds. The summed E-state index contributed by atoms with van der Waals surface area (Å²) in [6.45, 7) is 7.90. The van der Waals surface area contributed by atoms with E-state index in [1.54, 1.807) is 0 Å². The van der Waals surface area contributed by atoms with E-state index in [4.69, 9.17) is 103 Å². The molecule has 0 unspecified atom stereocenters. The average Bonchev–Trinajstić information content (AvgIpc) is 0.680. The zero-order chi connectivity index (χ0) is 80.4. The van der Waals surface area contributed by atoms with Crippen molar-refractivity contribution in [2.24, 2.45) is 0 Å². The van der Waals surface area contributed by atoms with Crippen LogP contribution in [0.25, 0.3) is 0 Å². The normalized spacial score (nSPS) is 11.4. The van der Waals surface area contributed by atoms with Gasteiger partial charge in [-0.2, -0.15) is 0 Å². The molecule has 0 N–H and O–H groups in total. The van der Waals surface area contributed by atoms with E-state index in [0.717, 1.165) is 47.9 Å². The van der Waals surface area contributed by atoms with Crippen molar-refractivity contribution in [2.75, 3.05) is 119 Å². The van der Waals surface area contributed by atoms with Crippen molar-refractivity contribution < 1.29 is 127 Å². The Kier molecular flexibility index (Phi) is 33.6. The molecule has 10 rings (SSSR count). The molecule has 0 heterocycles. The van der Waals surface area contributed by atoms with Crippen LogP contribution in [0.15, 0.2) is 164 Å². The first-order valence-corrected chi connectivity index (χ1v) is 37.8. The van der Waals surface area contributed by atoms with Crippen LogP contribution in [-0.2, 0) is 28.4 Å². The molecule has 34 heteroatoms. The number of para-hydroxylation sites is 6. The van der Waals surface area contributed by atoms with Gasteiger partial charge in [0.05, 0.1) is 0 Å². The first-order valence-electron chi connectivity index (χ1n) is 33.7. The summed E-state index contributed by atoms with van der Waals surface area (Å²) in [7, 11) is 0. The molecule has 10 aromatic rings. The Balaban J connectivity index is 0.000000278. The molecule has 0 spiro atoms. The molecule has 0 aliphatic rings. The minimum Gasteiger partial charge on any atom is -0.0620 e. The third kappa shape index (κ3) is 21.2. The van der Waals surface area contributed by atoms with E-state index in [9.17, 15) is 52.7 Å². The van der Waals surface area contributed by atoms with Gasteiger partial charge in [0.2, 0.25) is 0 Å². The fraction of sp³-hybridized carbons (Fsp3) is 0.231. The second-order valence-electron chi connectivity index (χ2n) is 23.2. The van der Waals surface area contributed by atoms with E-state index < -0.39 is 155 Å². The van der Waals surface area contributed by atoms with Gasteiger partial charge in [0.15, 0.2) is 69.8 Å². The van der Waals surface area contributed by atoms with Crippen LogP contribution in [0, 0.1) is 93.1 Å². The van der Waals surface area contributed by atoms with E-state index in [1.807, 2.05) is 127 Å². The molecule has 0 saturated carbocycles. The molecular weight excluding hydrogens is 1660 g/mol. The molecule has 0 bridgehead atoms. The molecule has 112 heavy (non-hydrogen) atoms. The van der Waals surface area contributed by atoms with Gasteiger partial charge >= 0.3 is 293 Å². The summed E-state index contributed by atoms with van der Waals surface area (Å²) in [5.74, 6) is -43.5. The Morgan fingerprint density at radius 2 is 0.384 bits per heavy atom. The molecule has 0 aliphatic carbocycles. The van der Waals surface area contributed by atoms with Crippen molar-refractivity contribution in [3.05, 3.63) is 277 Å². The predicted molar refractivity (Wildman–Crippen MR) is 391 cm³/mol. The zero-order valence-electron chi connectivity index (χ0n) is 58.3. The van der Waals surface area contributed by atoms with E-state index in [2.05, 4.69) is 36.4 Å². The van der Waals surface area contributed by atoms with Crippen LogP contribution in [0.2, 0.25) is 20.1 Å². The van der Waals surface area contributed by atoms with Gasteiger partial charge in [0, 0.05) is 20.1 Å². The molecule has 0 saturated heterocycles. The van der Waals surface area contributed by atoms with Gasteiger partial charge in [0.1, 0.15) is 46.7 Å². The van der Waals surface area contributed by atoms with E-state index in [1.165, 1.54) is 0 Å². The zero-order valence-corrected chi connectivity index (χ0v) is 63.0. The van der Waals surface area contributed by atoms with Gasteiger partial charge in [-0.05, 0) is 36.4 Å². The summed E-state index contributed by atoms with van der Waals surface area (Å²) in [6.07, 6.45) is -6.24. The van der Waals surface area contributed by atoms with E-state index in [-0.39, 0.29) is 0 Å². The van der Waals surface area contributed by atoms with Crippen molar-refractivity contribution >= 4 is 102 Å². The average molecular weight is 1730 g/mol. The molecule has 12 nitrogen and oxygen atoms in total. The summed E-state index contributed by atoms with van der Waals surface area (Å²) in [6, 6.07) is 53.7. The number of rotatable bonds is 40. The van der Waals surface area contributed by atoms with Gasteiger partial charge in [-0.15, -0.1) is 21.9 Å². The van der Waals surface area contributed by atoms with Crippen LogP contribution in [0.1, 0.15) is 0 Å². The minimum atomic E-state index is -6.24. The maximum absolute atomic E-state index is 15.8. The molecular formula is C78H63BCl4F16O12Se. The molecule has 0 aliphatic heterocycles. The Labute approximate surface area is 655 Å². The van der Waals surface area contributed by atoms with E-state index >= 15 is 17.6 Å². The van der Waals surface area contributed by atoms with Crippen molar-refractivity contribution in [3.63, 3.8) is 0 Å². The fourth-order valence-electron chi connectivity index (χ4n) is 11.2. The van der Waals surface area contributed by atoms with Crippen molar-refractivity contribution in [2.45, 2.75) is 0 Å². The monoisotopic (exact) mass is 1730 g/mol. The van der Waals surface area contributed by atoms with Gasteiger partial charge in [0.25, 0.3) is 0 Å². The minimum absolute atomic E-state index is 0.367. The second kappa shape index (κ2) is 43.0. The van der Waals surface area contributed by atoms with Crippen LogP contribution < -0.4 is 63.7 Å². The smallest absolute Gasteiger partial charge is 0.0620 e. The van der Waals surface area contributed by atoms with Crippen LogP contribution in [0.5, 0.6) is 34.5 Å². The summed E-state index contributed by atoms with van der Waals surface area (Å²) in [5, 5.41) is -9.69. The molecule has 0 fully saturated rings. The molecule has 10 aromatic carbocycles. The fourth-order valence-corrected chi connectivity index (χ4v) is 17.5. The number of hydrogen-bond acceptors (Lipinski definition) is 12. The quantitative estimate of drug-likeness (QED) is 0.0120. The van der Waals surface area contributed by atoms with Crippen molar-refractivity contribution in [3.8, 4) is 34.5 Å². The second-order valence-corrected chi connectivity index (χ2v) is 28.7. The molecule has 0 atom stereocenters. The third-order valence-corrected chi connectivity index (χ3v) is 22.6. The number of halogens is 20. The first kappa shape index (κ1) is 87.4. The van der Waals surface area contributed by atoms with Crippen molar-refractivity contribution in [1.82, 2.24) is 0 Å². The van der Waals surface area contributed by atoms with Crippen molar-refractivity contribution in [1.29, 1.82) is 0 Å². The summed E-state index contributed by atoms with van der Waals surface area (Å²) >= 11 is 20.1. The van der Waals surface area contributed by atoms with Gasteiger partial charge in [-0.25, -0.2) is 70.2 Å². The molecule has 0 aromatic heterocycles. The number of hydrogen-bond donors (Lipinski definition) is 0. The Morgan fingerprint density at radius 3 is 0.607 bits per heavy atom. The molecule has 0 radical (unpaired) electrons. The standard InChI is InChI=1S/C54H63O12Se.C24BCl4F16/c1-4-16-46(17-5-1)61-40-34-55-28-31-58-37-43-64-49-22-10-13-25-52(49)67(53-26-14-11-23-50(53)65-44-38-59-32-29-56-35-41-62-47-18-6-2-7-19-47)54-27-15-12-24-51(54)66-45-39-60-33-30-57-36-42-63-48-20-8-3-9-21-48;26-5-1(9(30)17(38)21(42)13(5)34)25(2-6(27)14(35)22(43)18(39)10(2)31,3-7(28)15(36)23(44)19(40)11(3)32)4-8(29)16(37)24(45)20(41)12(4)33/h1-27H,28-45H2;/q+1;-1. The van der Waals surface area contributed by atoms with Gasteiger partial charge in [-0.1, -0.05) is 101 Å². The number of benzene rings is 10. The van der Waals surface area contributed by atoms with E-state index in [0.29, 0.717) is 119 Å². The Hall–Kier alpha value is -8.62. The van der Waals surface area contributed by atoms with Crippen LogP contribution in [0.3, 0.4) is 0 Å². The summed E-state index contributed by atoms with van der Waals surface area (Å²) < 4.78 is 313. The Bertz CT molecular complexity index is 4130. The van der Waals surface area contributed by atoms with Gasteiger partial charge in [-0.3, -0.25) is 0 Å². The molecule has 596 valence electrons. The maximum atomic E-state index is 15.8. The summed E-state index contributed by atoms with van der Waals surface area (Å²) in [5.41, 5.74) is -10.7. The Morgan fingerprint density at radius 1 is 0.205 bits per heavy atom. The third-order valence-electron chi connectivity index (χ3n) is 16.2. The number of ether oxygens (including phenoxy) is 12. The van der Waals surface area contributed by atoms with Crippen LogP contribution >= 0.6 is 46.4 Å². The SMILES string of the molecule is Fc1c(F)c(F)c([B-](c2c(F)c(F)c(F)c(F)c2Cl)(c2c(F)c(F)c(F)c(F)c2Cl)c2c(F)c(F)c(F)c(F)c2Cl)c(Cl)c1F.c1ccc(OCCOCCOCCOc2ccccc2[Se+](c2ccccc2OCCOCCOCCOc2ccccc2)c2ccccc2OCCOCCOCCOc2ccccc2)cc1. The topological polar surface area (TPSA) is 111 Å². The predicted octanol–water partition coefficient (Wildman–Crippen LogP) is 14.6. The van der Waals surface area contributed by atoms with Gasteiger partial charge < -0.3 is 0 Å². The van der Waals surface area contributed by atoms with Crippen LogP contribution in [0.4, 0.5) is 70.2 Å². The first-order chi connectivity index (χ1) is 54.1. The van der Waals surface area contributed by atoms with Crippen LogP contribution in [-0.4, -0.2) is 139 Å².